The van der Waals surface area contributed by atoms with Crippen molar-refractivity contribution in [1.29, 1.82) is 0 Å². The fourth-order valence-corrected chi connectivity index (χ4v) is 8.39. The van der Waals surface area contributed by atoms with Gasteiger partial charge in [-0.2, -0.15) is 0 Å². The number of benzene rings is 2. The molecule has 1 spiro atoms. The number of nitrogens with zero attached hydrogens (tertiary/aromatic N) is 1. The molecule has 1 aromatic heterocycles. The van der Waals surface area contributed by atoms with Crippen molar-refractivity contribution in [2.45, 2.75) is 67.7 Å². The number of aromatic hydroxyl groups is 1. The van der Waals surface area contributed by atoms with Crippen LogP contribution in [-0.4, -0.2) is 78.9 Å². The Balaban J connectivity index is 1.23. The van der Waals surface area contributed by atoms with E-state index in [4.69, 9.17) is 9.84 Å². The molecule has 0 radical (unpaired) electrons. The van der Waals surface area contributed by atoms with E-state index in [-0.39, 0.29) is 17.4 Å². The number of phenols is 1. The Bertz CT molecular complexity index is 1710. The quantitative estimate of drug-likeness (QED) is 0.248. The summed E-state index contributed by atoms with van der Waals surface area (Å²) in [5, 5.41) is 45.3. The van der Waals surface area contributed by atoms with Crippen LogP contribution in [-0.2, 0) is 27.8 Å². The molecule has 1 amide bonds. The van der Waals surface area contributed by atoms with E-state index in [0.29, 0.717) is 36.4 Å². The third-order valence-electron chi connectivity index (χ3n) is 10.4. The number of phenolic OH excluding ortho intramolecular Hbond substituents is 1. The Morgan fingerprint density at radius 3 is 2.71 bits per heavy atom. The topological polar surface area (TPSA) is 172 Å². The van der Waals surface area contributed by atoms with Crippen LogP contribution in [0.2, 0.25) is 0 Å². The zero-order valence-corrected chi connectivity index (χ0v) is 22.7. The molecule has 2 fully saturated rings. The SMILES string of the molecule is O=C(O)C[C@H](NC(=O)c1ccc2c3c([nH]c2c1)[C@@H]1Oc2c(O)ccc4c2[C@@]12CCN(CC1CC1)[C@H](C4)[C@]2(O)C3)C(=O)O. The van der Waals surface area contributed by atoms with Crippen molar-refractivity contribution in [1.82, 2.24) is 15.2 Å². The first kappa shape index (κ1) is 25.6. The molecule has 3 aromatic rings. The molecule has 5 atom stereocenters. The Morgan fingerprint density at radius 1 is 1.17 bits per heavy atom. The summed E-state index contributed by atoms with van der Waals surface area (Å²) in [7, 11) is 0. The number of likely N-dealkylation sites (tertiary alicyclic amines) is 1. The number of carbonyl (C=O) groups excluding carboxylic acids is 1. The van der Waals surface area contributed by atoms with Gasteiger partial charge in [-0.05, 0) is 67.5 Å². The molecule has 5 aliphatic rings. The molecule has 2 aromatic carbocycles. The van der Waals surface area contributed by atoms with Crippen molar-refractivity contribution in [2.24, 2.45) is 5.92 Å². The van der Waals surface area contributed by atoms with Crippen LogP contribution in [0.25, 0.3) is 10.9 Å². The van der Waals surface area contributed by atoms with Gasteiger partial charge in [-0.15, -0.1) is 0 Å². The number of aliphatic hydroxyl groups is 1. The summed E-state index contributed by atoms with van der Waals surface area (Å²) in [4.78, 5) is 41.4. The number of carboxylic acids is 2. The normalized spacial score (nSPS) is 29.4. The maximum absolute atomic E-state index is 13.0. The molecule has 11 nitrogen and oxygen atoms in total. The second-order valence-corrected chi connectivity index (χ2v) is 12.7. The second-order valence-electron chi connectivity index (χ2n) is 12.7. The lowest BCUT2D eigenvalue weighted by Crippen LogP contribution is -2.74. The van der Waals surface area contributed by atoms with Crippen LogP contribution < -0.4 is 10.1 Å². The van der Waals surface area contributed by atoms with Crippen LogP contribution in [0.15, 0.2) is 30.3 Å². The lowest BCUT2D eigenvalue weighted by molar-refractivity contribution is -0.173. The number of aromatic amines is 1. The molecule has 11 heteroatoms. The zero-order valence-electron chi connectivity index (χ0n) is 22.7. The van der Waals surface area contributed by atoms with E-state index < -0.39 is 47.4 Å². The van der Waals surface area contributed by atoms with E-state index >= 15 is 0 Å². The monoisotopic (exact) mass is 573 g/mol. The lowest BCUT2D eigenvalue weighted by Gasteiger charge is -2.62. The zero-order chi connectivity index (χ0) is 29.1. The molecule has 218 valence electrons. The summed E-state index contributed by atoms with van der Waals surface area (Å²) in [6, 6.07) is 6.95. The van der Waals surface area contributed by atoms with E-state index in [0.717, 1.165) is 40.9 Å². The number of amides is 1. The summed E-state index contributed by atoms with van der Waals surface area (Å²) >= 11 is 0. The average molecular weight is 574 g/mol. The van der Waals surface area contributed by atoms with Crippen LogP contribution in [0.5, 0.6) is 11.5 Å². The maximum atomic E-state index is 13.0. The van der Waals surface area contributed by atoms with E-state index in [1.54, 1.807) is 24.3 Å². The van der Waals surface area contributed by atoms with E-state index in [1.807, 2.05) is 6.07 Å². The Labute approximate surface area is 240 Å². The number of nitrogens with one attached hydrogen (secondary N) is 2. The largest absolute Gasteiger partial charge is 0.504 e. The highest BCUT2D eigenvalue weighted by molar-refractivity contribution is 6.01. The number of aliphatic carboxylic acids is 2. The Hall–Kier alpha value is -4.09. The van der Waals surface area contributed by atoms with Crippen molar-refractivity contribution in [3.63, 3.8) is 0 Å². The molecule has 1 saturated heterocycles. The fourth-order valence-electron chi connectivity index (χ4n) is 8.39. The number of hydrogen-bond acceptors (Lipinski definition) is 7. The van der Waals surface area contributed by atoms with Gasteiger partial charge in [0.25, 0.3) is 5.91 Å². The minimum Gasteiger partial charge on any atom is -0.504 e. The molecule has 3 heterocycles. The summed E-state index contributed by atoms with van der Waals surface area (Å²) in [6.45, 7) is 1.80. The lowest BCUT2D eigenvalue weighted by atomic mass is 9.49. The minimum atomic E-state index is -1.57. The van der Waals surface area contributed by atoms with Gasteiger partial charge in [-0.1, -0.05) is 12.1 Å². The van der Waals surface area contributed by atoms with Gasteiger partial charge in [0.15, 0.2) is 17.6 Å². The number of H-pyrrole nitrogens is 1. The predicted octanol–water partition coefficient (Wildman–Crippen LogP) is 2.23. The van der Waals surface area contributed by atoms with Gasteiger partial charge in [-0.25, -0.2) is 4.79 Å². The number of carboxylic acid groups (broad SMARTS) is 2. The molecule has 6 N–H and O–H groups in total. The van der Waals surface area contributed by atoms with Crippen molar-refractivity contribution in [3.05, 3.63) is 58.3 Å². The highest BCUT2D eigenvalue weighted by Crippen LogP contribution is 2.69. The molecular formula is C31H31N3O8. The van der Waals surface area contributed by atoms with E-state index in [1.165, 1.54) is 12.8 Å². The first-order valence-electron chi connectivity index (χ1n) is 14.5. The van der Waals surface area contributed by atoms with Gasteiger partial charge in [0.05, 0.1) is 23.1 Å². The van der Waals surface area contributed by atoms with Crippen LogP contribution in [0.1, 0.15) is 64.5 Å². The van der Waals surface area contributed by atoms with E-state index in [9.17, 15) is 29.7 Å². The van der Waals surface area contributed by atoms with E-state index in [2.05, 4.69) is 15.2 Å². The number of aromatic nitrogens is 1. The maximum Gasteiger partial charge on any atom is 0.326 e. The number of ether oxygens (including phenoxy) is 1. The number of rotatable bonds is 7. The summed E-state index contributed by atoms with van der Waals surface area (Å²) in [5.41, 5.74) is 2.66. The highest BCUT2D eigenvalue weighted by atomic mass is 16.5. The van der Waals surface area contributed by atoms with Gasteiger partial charge in [0.1, 0.15) is 6.04 Å². The third kappa shape index (κ3) is 3.31. The van der Waals surface area contributed by atoms with Crippen molar-refractivity contribution < 1.29 is 39.5 Å². The van der Waals surface area contributed by atoms with Gasteiger partial charge < -0.3 is 35.5 Å². The summed E-state index contributed by atoms with van der Waals surface area (Å²) in [5.74, 6) is -2.29. The fraction of sp³-hybridized carbons (Fsp3) is 0.452. The number of fused-ring (bicyclic) bond motifs is 4. The highest BCUT2D eigenvalue weighted by Gasteiger charge is 2.72. The summed E-state index contributed by atoms with van der Waals surface area (Å²) < 4.78 is 6.59. The molecular weight excluding hydrogens is 542 g/mol. The third-order valence-corrected chi connectivity index (χ3v) is 10.4. The van der Waals surface area contributed by atoms with Gasteiger partial charge >= 0.3 is 11.9 Å². The molecule has 2 bridgehead atoms. The van der Waals surface area contributed by atoms with Crippen molar-refractivity contribution in [2.75, 3.05) is 13.1 Å². The van der Waals surface area contributed by atoms with Gasteiger partial charge in [0.2, 0.25) is 0 Å². The van der Waals surface area contributed by atoms with Crippen LogP contribution in [0, 0.1) is 5.92 Å². The van der Waals surface area contributed by atoms with Gasteiger partial charge in [-0.3, -0.25) is 14.5 Å². The van der Waals surface area contributed by atoms with Crippen LogP contribution in [0.4, 0.5) is 0 Å². The molecule has 0 unspecified atom stereocenters. The Kier molecular flexibility index (Phi) is 5.17. The molecule has 1 saturated carbocycles. The average Bonchev–Trinajstić information content (AvgIpc) is 3.58. The van der Waals surface area contributed by atoms with Crippen LogP contribution >= 0.6 is 0 Å². The van der Waals surface area contributed by atoms with Crippen molar-refractivity contribution in [3.8, 4) is 11.5 Å². The smallest absolute Gasteiger partial charge is 0.326 e. The minimum absolute atomic E-state index is 0.0599. The first-order chi connectivity index (χ1) is 20.1. The standard InChI is InChI=1S/C31H31N3O8/c35-21-6-4-15-10-22-31(41)12-18-17-5-3-16(28(38)33-20(29(39)40)11-23(36)37)9-19(17)32-25(18)27-30(31,24(15)26(21)42-27)7-8-34(22)13-14-1-2-14/h3-6,9,14,20,22,27,32,35,41H,1-2,7-8,10-13H2,(H,33,38)(H,36,37)(H,39,40)/t20-,22+,27-,30-,31+/m0/s1. The molecule has 42 heavy (non-hydrogen) atoms. The second kappa shape index (κ2) is 8.48. The molecule has 3 aliphatic carbocycles. The summed E-state index contributed by atoms with van der Waals surface area (Å²) in [6.07, 6.45) is 2.88. The molecule has 8 rings (SSSR count). The number of carbonyl (C=O) groups is 3. The van der Waals surface area contributed by atoms with Crippen LogP contribution in [0.3, 0.4) is 0 Å². The first-order valence-corrected chi connectivity index (χ1v) is 14.5. The predicted molar refractivity (Wildman–Crippen MR) is 148 cm³/mol. The van der Waals surface area contributed by atoms with Crippen molar-refractivity contribution >= 4 is 28.7 Å². The van der Waals surface area contributed by atoms with Gasteiger partial charge in [0, 0.05) is 41.0 Å². The Morgan fingerprint density at radius 2 is 1.98 bits per heavy atom. The number of hydrogen-bond donors (Lipinski definition) is 6. The number of piperidine rings is 1. The molecule has 2 aliphatic heterocycles.